The molecule has 0 aliphatic heterocycles. The van der Waals surface area contributed by atoms with Gasteiger partial charge in [-0.05, 0) is 109 Å². The smallest absolute Gasteiger partial charge is 0.686 e. The minimum atomic E-state index is 0. The minimum Gasteiger partial charge on any atom is -0.686 e. The van der Waals surface area contributed by atoms with Crippen LogP contribution >= 0.6 is 0 Å². The van der Waals surface area contributed by atoms with Crippen LogP contribution in [0.2, 0.25) is 0 Å². The maximum Gasteiger partial charge on any atom is 1.00 e. The zero-order valence-electron chi connectivity index (χ0n) is 32.9. The number of nitriles is 1. The van der Waals surface area contributed by atoms with Gasteiger partial charge in [0.25, 0.3) is 0 Å². The second kappa shape index (κ2) is 18.4. The Labute approximate surface area is 377 Å². The third-order valence-corrected chi connectivity index (χ3v) is 10.0. The molecule has 6 aromatic carbocycles. The number of para-hydroxylation sites is 2. The van der Waals surface area contributed by atoms with Crippen molar-refractivity contribution in [1.82, 2.24) is 9.13 Å². The molecule has 0 aliphatic rings. The van der Waals surface area contributed by atoms with Gasteiger partial charge in [0.2, 0.25) is 0 Å². The molecule has 6 heteroatoms. The van der Waals surface area contributed by atoms with Gasteiger partial charge in [0.05, 0.1) is 39.4 Å². The van der Waals surface area contributed by atoms with E-state index in [1.807, 2.05) is 38.2 Å². The summed E-state index contributed by atoms with van der Waals surface area (Å²) in [5.74, 6) is 0. The van der Waals surface area contributed by atoms with Gasteiger partial charge in [0.1, 0.15) is 0 Å². The average molecular weight is 764 g/mol. The Kier molecular flexibility index (Phi) is 13.2. The number of hydrogen-bond acceptors (Lipinski definition) is 2. The van der Waals surface area contributed by atoms with Gasteiger partial charge < -0.3 is 19.9 Å². The summed E-state index contributed by atoms with van der Waals surface area (Å²) in [4.78, 5) is 0. The Morgan fingerprint density at radius 3 is 1.77 bits per heavy atom. The number of aromatic nitrogens is 2. The first-order valence-corrected chi connectivity index (χ1v) is 18.6. The van der Waals surface area contributed by atoms with Crippen LogP contribution in [0.5, 0.6) is 0 Å². The van der Waals surface area contributed by atoms with Gasteiger partial charge in [-0.3, -0.25) is 0 Å². The molecule has 0 unspecified atom stereocenters. The zero-order valence-corrected chi connectivity index (χ0v) is 36.0. The van der Waals surface area contributed by atoms with E-state index in [1.165, 1.54) is 21.5 Å². The van der Waals surface area contributed by atoms with Crippen LogP contribution in [0.15, 0.2) is 183 Å². The van der Waals surface area contributed by atoms with E-state index in [9.17, 15) is 0 Å². The molecule has 0 aliphatic carbocycles. The molecule has 0 saturated carbocycles. The number of hydrogen-bond donors (Lipinski definition) is 1. The van der Waals surface area contributed by atoms with E-state index < -0.39 is 0 Å². The first-order valence-electron chi connectivity index (χ1n) is 18.6. The minimum absolute atomic E-state index is 0. The fraction of sp³-hybridized carbons (Fsp3) is 0.0588. The van der Waals surface area contributed by atoms with Crippen LogP contribution in [-0.4, -0.2) is 21.9 Å². The van der Waals surface area contributed by atoms with E-state index in [0.29, 0.717) is 17.0 Å². The van der Waals surface area contributed by atoms with Gasteiger partial charge in [-0.2, -0.15) is 5.26 Å². The van der Waals surface area contributed by atoms with E-state index in [0.717, 1.165) is 55.7 Å². The van der Waals surface area contributed by atoms with Gasteiger partial charge in [-0.25, -0.2) is 0 Å². The van der Waals surface area contributed by atoms with Crippen molar-refractivity contribution in [3.63, 3.8) is 0 Å². The largest absolute Gasteiger partial charge is 1.00 e. The van der Waals surface area contributed by atoms with Gasteiger partial charge in [-0.1, -0.05) is 110 Å². The second-order valence-electron chi connectivity index (χ2n) is 13.3. The Morgan fingerprint density at radius 2 is 1.19 bits per heavy atom. The molecular weight excluding hydrogens is 722 g/mol. The van der Waals surface area contributed by atoms with Crippen LogP contribution in [0.25, 0.3) is 77.1 Å². The third-order valence-electron chi connectivity index (χ3n) is 10.0. The quantitative estimate of drug-likeness (QED) is 0.0676. The van der Waals surface area contributed by atoms with Crippen LogP contribution in [0.4, 0.5) is 0 Å². The summed E-state index contributed by atoms with van der Waals surface area (Å²) < 4.78 is 4.56. The van der Waals surface area contributed by atoms with Crippen molar-refractivity contribution in [2.75, 3.05) is 7.05 Å². The Morgan fingerprint density at radius 1 is 0.667 bits per heavy atom. The Bertz CT molecular complexity index is 2910. The monoisotopic (exact) mass is 763 g/mol. The van der Waals surface area contributed by atoms with Crippen molar-refractivity contribution >= 4 is 60.7 Å². The predicted molar refractivity (Wildman–Crippen MR) is 240 cm³/mol. The van der Waals surface area contributed by atoms with Crippen molar-refractivity contribution in [2.45, 2.75) is 13.8 Å². The molecule has 0 atom stereocenters. The molecule has 57 heavy (non-hydrogen) atoms. The molecule has 0 fully saturated rings. The van der Waals surface area contributed by atoms with Gasteiger partial charge >= 0.3 is 51.4 Å². The topological polar surface area (TPSA) is 71.6 Å². The molecule has 8 rings (SSSR count). The number of fused-ring (bicyclic) bond motifs is 6. The molecule has 0 bridgehead atoms. The number of nitrogens with one attached hydrogen (secondary N) is 1. The third kappa shape index (κ3) is 8.08. The molecule has 8 aromatic rings. The standard InChI is InChI=1S/C47H34N5.C4H8.K/c1-4-10-36(5-2)51-44-13-8-6-11-38(44)40-27-34(21-25-46(40)51)35-22-26-47-41(28-35)39-12-7-9-14-45(39)52(47)37-23-19-33(20-24-37)43(50-3)29-42(49)32-17-15-31(30-48)16-18-32;1-3-4-2;/h4-29,49H,1-2H2,3H3;3-4H,1-2H3;/q-1;;+1/b36-10+,43-29-,49-42?;4-3-;. The van der Waals surface area contributed by atoms with Crippen molar-refractivity contribution in [3.05, 3.63) is 205 Å². The van der Waals surface area contributed by atoms with Crippen LogP contribution < -0.4 is 51.4 Å². The van der Waals surface area contributed by atoms with Gasteiger partial charge in [0, 0.05) is 32.9 Å². The number of allylic oxidation sites excluding steroid dienone is 7. The van der Waals surface area contributed by atoms with E-state index in [4.69, 9.17) is 10.7 Å². The van der Waals surface area contributed by atoms with Gasteiger partial charge in [-0.15, -0.1) is 12.7 Å². The summed E-state index contributed by atoms with van der Waals surface area (Å²) in [7, 11) is 1.74. The van der Waals surface area contributed by atoms with E-state index >= 15 is 0 Å². The van der Waals surface area contributed by atoms with Crippen molar-refractivity contribution in [3.8, 4) is 22.9 Å². The maximum absolute atomic E-state index is 9.12. The van der Waals surface area contributed by atoms with E-state index in [2.05, 4.69) is 143 Å². The van der Waals surface area contributed by atoms with Gasteiger partial charge in [0.15, 0.2) is 0 Å². The van der Waals surface area contributed by atoms with Crippen LogP contribution in [0.3, 0.4) is 0 Å². The molecule has 272 valence electrons. The normalized spacial score (nSPS) is 11.6. The fourth-order valence-corrected chi connectivity index (χ4v) is 7.22. The van der Waals surface area contributed by atoms with Crippen LogP contribution in [-0.2, 0) is 0 Å². The Balaban J connectivity index is 0.00000105. The molecule has 0 amide bonds. The maximum atomic E-state index is 9.12. The van der Waals surface area contributed by atoms with Crippen molar-refractivity contribution < 1.29 is 51.4 Å². The first kappa shape index (κ1) is 40.9. The molecule has 1 N–H and O–H groups in total. The van der Waals surface area contributed by atoms with E-state index in [-0.39, 0.29) is 51.4 Å². The number of nitrogens with zero attached hydrogens (tertiary/aromatic N) is 4. The predicted octanol–water partition coefficient (Wildman–Crippen LogP) is 10.6. The molecule has 0 saturated heterocycles. The van der Waals surface area contributed by atoms with E-state index in [1.54, 1.807) is 43.5 Å². The summed E-state index contributed by atoms with van der Waals surface area (Å²) in [5, 5.41) is 27.0. The first-order chi connectivity index (χ1) is 27.4. The van der Waals surface area contributed by atoms with Crippen molar-refractivity contribution in [1.29, 1.82) is 10.7 Å². The summed E-state index contributed by atoms with van der Waals surface area (Å²) in [6, 6.07) is 48.0. The molecule has 2 heterocycles. The SMILES string of the molecule is C/C=C\C.C=C/C=C(\C=C)n1c2ccccc2c2cc(-c3ccc4c(c3)c3ccccc3n4-c3ccc(/C(=C/C(=N)c4ccc(C#N)cc4)[N-]C)cc3)ccc21.[K+]. The number of benzene rings is 6. The molecule has 5 nitrogen and oxygen atoms in total. The summed E-state index contributed by atoms with van der Waals surface area (Å²) in [6.45, 7) is 12.0. The summed E-state index contributed by atoms with van der Waals surface area (Å²) in [5.41, 5.74) is 12.1. The zero-order chi connectivity index (χ0) is 39.2. The average Bonchev–Trinajstić information content (AvgIpc) is 3.77. The molecule has 2 aromatic heterocycles. The molecule has 0 spiro atoms. The number of rotatable bonds is 9. The summed E-state index contributed by atoms with van der Waals surface area (Å²) >= 11 is 0. The van der Waals surface area contributed by atoms with Crippen LogP contribution in [0.1, 0.15) is 30.5 Å². The summed E-state index contributed by atoms with van der Waals surface area (Å²) in [6.07, 6.45) is 11.4. The molecule has 0 radical (unpaired) electrons. The Hall–Kier alpha value is -5.78. The fourth-order valence-electron chi connectivity index (χ4n) is 7.22. The molecular formula is C51H42KN5. The second-order valence-corrected chi connectivity index (χ2v) is 13.3. The van der Waals surface area contributed by atoms with Crippen molar-refractivity contribution in [2.24, 2.45) is 0 Å². The van der Waals surface area contributed by atoms with Crippen LogP contribution in [0, 0.1) is 16.7 Å².